The molecule has 164 valence electrons. The van der Waals surface area contributed by atoms with Crippen molar-refractivity contribution in [3.63, 3.8) is 0 Å². The maximum absolute atomic E-state index is 14.6. The fourth-order valence-corrected chi connectivity index (χ4v) is 6.16. The predicted octanol–water partition coefficient (Wildman–Crippen LogP) is 8.92. The highest BCUT2D eigenvalue weighted by Crippen LogP contribution is 2.45. The van der Waals surface area contributed by atoms with Gasteiger partial charge in [-0.3, -0.25) is 0 Å². The molecule has 0 amide bonds. The van der Waals surface area contributed by atoms with E-state index in [1.807, 2.05) is 6.07 Å². The molecule has 4 rings (SSSR count). The fraction of sp³-hybridized carbons (Fsp3) is 0.630. The van der Waals surface area contributed by atoms with Gasteiger partial charge >= 0.3 is 0 Å². The van der Waals surface area contributed by atoms with Gasteiger partial charge in [-0.2, -0.15) is 0 Å². The van der Waals surface area contributed by atoms with Crippen molar-refractivity contribution in [2.75, 3.05) is 0 Å². The molecule has 0 spiro atoms. The SMILES string of the molecule is CCCCCC1CCC(C2CCC(c3cc(F)c4c(F)c(F)ccc4c3)CC2)CC1. The van der Waals surface area contributed by atoms with Crippen LogP contribution >= 0.6 is 0 Å². The highest BCUT2D eigenvalue weighted by Gasteiger charge is 2.31. The van der Waals surface area contributed by atoms with E-state index in [1.165, 1.54) is 76.3 Å². The maximum Gasteiger partial charge on any atom is 0.169 e. The lowest BCUT2D eigenvalue weighted by Crippen LogP contribution is -2.25. The van der Waals surface area contributed by atoms with E-state index in [1.54, 1.807) is 0 Å². The summed E-state index contributed by atoms with van der Waals surface area (Å²) >= 11 is 0. The van der Waals surface area contributed by atoms with Gasteiger partial charge in [-0.05, 0) is 85.3 Å². The summed E-state index contributed by atoms with van der Waals surface area (Å²) in [7, 11) is 0. The van der Waals surface area contributed by atoms with Crippen LogP contribution in [0.2, 0.25) is 0 Å². The largest absolute Gasteiger partial charge is 0.206 e. The molecule has 2 aliphatic carbocycles. The van der Waals surface area contributed by atoms with E-state index in [2.05, 4.69) is 6.92 Å². The molecular weight excluding hydrogens is 381 g/mol. The van der Waals surface area contributed by atoms with Gasteiger partial charge in [-0.15, -0.1) is 0 Å². The summed E-state index contributed by atoms with van der Waals surface area (Å²) in [6.07, 6.45) is 15.7. The summed E-state index contributed by atoms with van der Waals surface area (Å²) in [6.45, 7) is 2.28. The first-order valence-corrected chi connectivity index (χ1v) is 12.1. The Balaban J connectivity index is 1.33. The van der Waals surface area contributed by atoms with Crippen LogP contribution in [0.25, 0.3) is 10.8 Å². The Morgan fingerprint density at radius 1 is 0.767 bits per heavy atom. The maximum atomic E-state index is 14.6. The van der Waals surface area contributed by atoms with Crippen molar-refractivity contribution in [3.05, 3.63) is 47.3 Å². The summed E-state index contributed by atoms with van der Waals surface area (Å²) in [4.78, 5) is 0. The highest BCUT2D eigenvalue weighted by atomic mass is 19.2. The van der Waals surface area contributed by atoms with Crippen LogP contribution in [0.5, 0.6) is 0 Å². The first kappa shape index (κ1) is 21.7. The Labute approximate surface area is 179 Å². The van der Waals surface area contributed by atoms with Gasteiger partial charge in [-0.25, -0.2) is 13.2 Å². The van der Waals surface area contributed by atoms with Crippen molar-refractivity contribution >= 4 is 10.8 Å². The summed E-state index contributed by atoms with van der Waals surface area (Å²) in [5, 5.41) is 0.246. The Hall–Kier alpha value is -1.51. The van der Waals surface area contributed by atoms with Gasteiger partial charge in [0.05, 0.1) is 5.39 Å². The quantitative estimate of drug-likeness (QED) is 0.412. The summed E-state index contributed by atoms with van der Waals surface area (Å²) < 4.78 is 42.0. The van der Waals surface area contributed by atoms with Gasteiger partial charge < -0.3 is 0 Å². The molecule has 2 saturated carbocycles. The molecule has 2 fully saturated rings. The van der Waals surface area contributed by atoms with E-state index < -0.39 is 17.5 Å². The number of benzene rings is 2. The zero-order chi connectivity index (χ0) is 21.1. The average Bonchev–Trinajstić information content (AvgIpc) is 2.77. The van der Waals surface area contributed by atoms with E-state index in [4.69, 9.17) is 0 Å². The lowest BCUT2D eigenvalue weighted by Gasteiger charge is -2.38. The number of hydrogen-bond acceptors (Lipinski definition) is 0. The minimum atomic E-state index is -1.08. The summed E-state index contributed by atoms with van der Waals surface area (Å²) in [5.74, 6) is 0.269. The van der Waals surface area contributed by atoms with E-state index in [-0.39, 0.29) is 5.39 Å². The molecule has 0 saturated heterocycles. The summed E-state index contributed by atoms with van der Waals surface area (Å²) in [5.41, 5.74) is 0.948. The van der Waals surface area contributed by atoms with Crippen LogP contribution in [0.1, 0.15) is 95.5 Å². The van der Waals surface area contributed by atoms with Gasteiger partial charge in [-0.1, -0.05) is 57.6 Å². The summed E-state index contributed by atoms with van der Waals surface area (Å²) in [6, 6.07) is 5.89. The van der Waals surface area contributed by atoms with Gasteiger partial charge in [0, 0.05) is 0 Å². The van der Waals surface area contributed by atoms with Crippen molar-refractivity contribution in [1.29, 1.82) is 0 Å². The Bertz CT molecular complexity index is 843. The molecule has 0 heterocycles. The smallest absolute Gasteiger partial charge is 0.169 e. The molecule has 3 heteroatoms. The van der Waals surface area contributed by atoms with E-state index in [0.717, 1.165) is 42.2 Å². The number of fused-ring (bicyclic) bond motifs is 1. The third-order valence-electron chi connectivity index (χ3n) is 8.00. The van der Waals surface area contributed by atoms with Gasteiger partial charge in [0.2, 0.25) is 0 Å². The van der Waals surface area contributed by atoms with Gasteiger partial charge in [0.15, 0.2) is 11.6 Å². The molecule has 0 radical (unpaired) electrons. The number of rotatable bonds is 6. The normalized spacial score (nSPS) is 27.5. The zero-order valence-corrected chi connectivity index (χ0v) is 18.2. The molecule has 0 nitrogen and oxygen atoms in total. The number of unbranched alkanes of at least 4 members (excludes halogenated alkanes) is 2. The standard InChI is InChI=1S/C27H35F3/c1-2-3-4-5-18-6-8-19(9-7-18)20-10-12-21(13-11-20)23-16-22-14-15-24(28)27(30)26(22)25(29)17-23/h14-21H,2-13H2,1H3. The second kappa shape index (κ2) is 9.75. The topological polar surface area (TPSA) is 0 Å². The molecule has 0 N–H and O–H groups in total. The van der Waals surface area contributed by atoms with Crippen LogP contribution in [-0.4, -0.2) is 0 Å². The van der Waals surface area contributed by atoms with E-state index in [0.29, 0.717) is 11.3 Å². The van der Waals surface area contributed by atoms with Gasteiger partial charge in [0.25, 0.3) is 0 Å². The molecule has 0 unspecified atom stereocenters. The Morgan fingerprint density at radius 3 is 2.10 bits per heavy atom. The molecule has 0 bridgehead atoms. The van der Waals surface area contributed by atoms with Crippen LogP contribution in [0.15, 0.2) is 24.3 Å². The highest BCUT2D eigenvalue weighted by molar-refractivity contribution is 5.84. The monoisotopic (exact) mass is 416 g/mol. The van der Waals surface area contributed by atoms with Crippen LogP contribution in [0, 0.1) is 35.2 Å². The molecular formula is C27H35F3. The van der Waals surface area contributed by atoms with Crippen molar-refractivity contribution in [2.24, 2.45) is 17.8 Å². The van der Waals surface area contributed by atoms with Crippen molar-refractivity contribution in [1.82, 2.24) is 0 Å². The third kappa shape index (κ3) is 4.70. The molecule has 0 aromatic heterocycles. The molecule has 2 aromatic carbocycles. The lowest BCUT2D eigenvalue weighted by atomic mass is 9.68. The third-order valence-corrected chi connectivity index (χ3v) is 8.00. The lowest BCUT2D eigenvalue weighted by molar-refractivity contribution is 0.155. The van der Waals surface area contributed by atoms with Crippen LogP contribution in [0.3, 0.4) is 0 Å². The molecule has 0 atom stereocenters. The van der Waals surface area contributed by atoms with Crippen molar-refractivity contribution in [2.45, 2.75) is 89.9 Å². The first-order chi connectivity index (χ1) is 14.6. The van der Waals surface area contributed by atoms with Gasteiger partial charge in [0.1, 0.15) is 5.82 Å². The van der Waals surface area contributed by atoms with Crippen LogP contribution < -0.4 is 0 Å². The Morgan fingerprint density at radius 2 is 1.43 bits per heavy atom. The van der Waals surface area contributed by atoms with E-state index in [9.17, 15) is 13.2 Å². The van der Waals surface area contributed by atoms with Crippen molar-refractivity contribution in [3.8, 4) is 0 Å². The van der Waals surface area contributed by atoms with Crippen molar-refractivity contribution < 1.29 is 13.2 Å². The molecule has 2 aromatic rings. The molecule has 0 aliphatic heterocycles. The Kier molecular flexibility index (Phi) is 7.05. The predicted molar refractivity (Wildman–Crippen MR) is 118 cm³/mol. The van der Waals surface area contributed by atoms with E-state index >= 15 is 0 Å². The minimum absolute atomic E-state index is 0.219. The second-order valence-electron chi connectivity index (χ2n) is 9.85. The molecule has 30 heavy (non-hydrogen) atoms. The number of halogens is 3. The average molecular weight is 417 g/mol. The van der Waals surface area contributed by atoms with Crippen LogP contribution in [0.4, 0.5) is 13.2 Å². The number of hydrogen-bond donors (Lipinski definition) is 0. The second-order valence-corrected chi connectivity index (χ2v) is 9.85. The molecule has 2 aliphatic rings. The fourth-order valence-electron chi connectivity index (χ4n) is 6.16. The first-order valence-electron chi connectivity index (χ1n) is 12.1. The minimum Gasteiger partial charge on any atom is -0.206 e. The zero-order valence-electron chi connectivity index (χ0n) is 18.2. The van der Waals surface area contributed by atoms with Crippen LogP contribution in [-0.2, 0) is 0 Å².